The van der Waals surface area contributed by atoms with Crippen LogP contribution in [0.1, 0.15) is 5.56 Å². The molecule has 0 saturated carbocycles. The number of hydrogen-bond acceptors (Lipinski definition) is 2. The molecule has 0 spiro atoms. The lowest BCUT2D eigenvalue weighted by molar-refractivity contribution is 0.483. The molecule has 0 atom stereocenters. The van der Waals surface area contributed by atoms with Gasteiger partial charge in [-0.1, -0.05) is 36.4 Å². The molecule has 0 bridgehead atoms. The molecule has 3 nitrogen and oxygen atoms in total. The molecule has 2 aromatic rings. The quantitative estimate of drug-likeness (QED) is 0.754. The number of hydrogen-bond donors (Lipinski definition) is 1. The molecule has 78 valence electrons. The Morgan fingerprint density at radius 3 is 2.40 bits per heavy atom. The van der Waals surface area contributed by atoms with Crippen molar-refractivity contribution < 1.29 is 13.0 Å². The van der Waals surface area contributed by atoms with Crippen LogP contribution >= 0.6 is 0 Å². The first kappa shape index (κ1) is 10.1. The maximum Gasteiger partial charge on any atom is 0.295 e. The monoisotopic (exact) mass is 222 g/mol. The molecule has 0 heterocycles. The molecular formula is C11H10O3S. The third-order valence-corrected chi connectivity index (χ3v) is 3.39. The highest BCUT2D eigenvalue weighted by Gasteiger charge is 2.16. The van der Waals surface area contributed by atoms with E-state index in [0.29, 0.717) is 10.9 Å². The SMILES string of the molecule is Cc1ccc2ccccc2c1S(=O)(=O)O. The van der Waals surface area contributed by atoms with Gasteiger partial charge in [0.05, 0.1) is 0 Å². The summed E-state index contributed by atoms with van der Waals surface area (Å²) >= 11 is 0. The van der Waals surface area contributed by atoms with Gasteiger partial charge >= 0.3 is 0 Å². The Hall–Kier alpha value is -1.39. The molecule has 0 radical (unpaired) electrons. The van der Waals surface area contributed by atoms with Crippen LogP contribution in [0.5, 0.6) is 0 Å². The Balaban J connectivity index is 2.99. The highest BCUT2D eigenvalue weighted by molar-refractivity contribution is 7.86. The Morgan fingerprint density at radius 1 is 1.07 bits per heavy atom. The van der Waals surface area contributed by atoms with Crippen LogP contribution in [0.2, 0.25) is 0 Å². The Morgan fingerprint density at radius 2 is 1.73 bits per heavy atom. The number of benzene rings is 2. The van der Waals surface area contributed by atoms with Gasteiger partial charge in [-0.3, -0.25) is 4.55 Å². The zero-order valence-electron chi connectivity index (χ0n) is 8.14. The molecule has 2 aromatic carbocycles. The van der Waals surface area contributed by atoms with Crippen molar-refractivity contribution in [1.29, 1.82) is 0 Å². The minimum atomic E-state index is -4.16. The summed E-state index contributed by atoms with van der Waals surface area (Å²) in [6, 6.07) is 10.6. The maximum absolute atomic E-state index is 11.2. The van der Waals surface area contributed by atoms with E-state index in [2.05, 4.69) is 0 Å². The molecule has 0 aromatic heterocycles. The largest absolute Gasteiger partial charge is 0.295 e. The van der Waals surface area contributed by atoms with Crippen molar-refractivity contribution in [3.05, 3.63) is 42.0 Å². The van der Waals surface area contributed by atoms with E-state index in [1.165, 1.54) is 0 Å². The van der Waals surface area contributed by atoms with Crippen LogP contribution in [0.15, 0.2) is 41.3 Å². The summed E-state index contributed by atoms with van der Waals surface area (Å²) in [6.07, 6.45) is 0. The van der Waals surface area contributed by atoms with Crippen molar-refractivity contribution in [2.45, 2.75) is 11.8 Å². The average Bonchev–Trinajstić information content (AvgIpc) is 2.15. The number of aryl methyl sites for hydroxylation is 1. The first-order chi connectivity index (χ1) is 7.00. The van der Waals surface area contributed by atoms with E-state index in [0.717, 1.165) is 5.39 Å². The maximum atomic E-state index is 11.2. The van der Waals surface area contributed by atoms with E-state index in [9.17, 15) is 8.42 Å². The van der Waals surface area contributed by atoms with E-state index < -0.39 is 10.1 Å². The summed E-state index contributed by atoms with van der Waals surface area (Å²) < 4.78 is 31.6. The van der Waals surface area contributed by atoms with E-state index in [4.69, 9.17) is 4.55 Å². The first-order valence-corrected chi connectivity index (χ1v) is 5.90. The molecule has 0 aliphatic carbocycles. The zero-order valence-corrected chi connectivity index (χ0v) is 8.95. The summed E-state index contributed by atoms with van der Waals surface area (Å²) in [5.74, 6) is 0. The van der Waals surface area contributed by atoms with Crippen molar-refractivity contribution in [2.75, 3.05) is 0 Å². The van der Waals surface area contributed by atoms with Crippen LogP contribution in [0.25, 0.3) is 10.8 Å². The number of fused-ring (bicyclic) bond motifs is 1. The fourth-order valence-corrected chi connectivity index (χ4v) is 2.63. The van der Waals surface area contributed by atoms with E-state index in [-0.39, 0.29) is 4.90 Å². The molecule has 0 aliphatic rings. The highest BCUT2D eigenvalue weighted by Crippen LogP contribution is 2.25. The lowest BCUT2D eigenvalue weighted by Gasteiger charge is -2.06. The lowest BCUT2D eigenvalue weighted by Crippen LogP contribution is -2.01. The van der Waals surface area contributed by atoms with Crippen molar-refractivity contribution in [3.8, 4) is 0 Å². The molecule has 1 N–H and O–H groups in total. The second-order valence-corrected chi connectivity index (χ2v) is 4.77. The van der Waals surface area contributed by atoms with Gasteiger partial charge in [0, 0.05) is 5.39 Å². The Labute approximate surface area is 88.1 Å². The summed E-state index contributed by atoms with van der Waals surface area (Å²) in [5, 5.41) is 1.36. The second-order valence-electron chi connectivity index (χ2n) is 3.41. The minimum Gasteiger partial charge on any atom is -0.282 e. The predicted molar refractivity (Wildman–Crippen MR) is 58.5 cm³/mol. The van der Waals surface area contributed by atoms with E-state index >= 15 is 0 Å². The third-order valence-electron chi connectivity index (χ3n) is 2.33. The Kier molecular flexibility index (Phi) is 2.25. The Bertz CT molecular complexity index is 615. The fraction of sp³-hybridized carbons (Fsp3) is 0.0909. The van der Waals surface area contributed by atoms with Gasteiger partial charge in [0.2, 0.25) is 0 Å². The minimum absolute atomic E-state index is 0.000556. The standard InChI is InChI=1S/C11H10O3S/c1-8-6-7-9-4-2-3-5-10(9)11(8)15(12,13)14/h2-7H,1H3,(H,12,13,14). The molecular weight excluding hydrogens is 212 g/mol. The normalized spacial score (nSPS) is 11.9. The van der Waals surface area contributed by atoms with Gasteiger partial charge in [0.1, 0.15) is 4.90 Å². The lowest BCUT2D eigenvalue weighted by atomic mass is 10.1. The molecule has 0 saturated heterocycles. The first-order valence-electron chi connectivity index (χ1n) is 4.46. The average molecular weight is 222 g/mol. The molecule has 0 aliphatic heterocycles. The second kappa shape index (κ2) is 3.32. The van der Waals surface area contributed by atoms with E-state index in [1.807, 2.05) is 18.2 Å². The highest BCUT2D eigenvalue weighted by atomic mass is 32.2. The van der Waals surface area contributed by atoms with Crippen molar-refractivity contribution in [3.63, 3.8) is 0 Å². The number of rotatable bonds is 1. The van der Waals surface area contributed by atoms with Gasteiger partial charge in [-0.05, 0) is 17.9 Å². The molecule has 2 rings (SSSR count). The van der Waals surface area contributed by atoms with Gasteiger partial charge in [-0.25, -0.2) is 0 Å². The van der Waals surface area contributed by atoms with Crippen LogP contribution in [-0.2, 0) is 10.1 Å². The van der Waals surface area contributed by atoms with Gasteiger partial charge in [0.25, 0.3) is 10.1 Å². The zero-order chi connectivity index (χ0) is 11.1. The van der Waals surface area contributed by atoms with Gasteiger partial charge < -0.3 is 0 Å². The summed E-state index contributed by atoms with van der Waals surface area (Å²) in [6.45, 7) is 1.66. The van der Waals surface area contributed by atoms with Crippen LogP contribution in [-0.4, -0.2) is 13.0 Å². The van der Waals surface area contributed by atoms with Gasteiger partial charge in [0.15, 0.2) is 0 Å². The smallest absolute Gasteiger partial charge is 0.282 e. The summed E-state index contributed by atoms with van der Waals surface area (Å²) in [5.41, 5.74) is 0.552. The van der Waals surface area contributed by atoms with Gasteiger partial charge in [-0.15, -0.1) is 0 Å². The predicted octanol–water partition coefficient (Wildman–Crippen LogP) is 2.39. The third kappa shape index (κ3) is 1.73. The van der Waals surface area contributed by atoms with Crippen LogP contribution in [0.4, 0.5) is 0 Å². The summed E-state index contributed by atoms with van der Waals surface area (Å²) in [4.78, 5) is 0.000556. The summed E-state index contributed by atoms with van der Waals surface area (Å²) in [7, 11) is -4.16. The fourth-order valence-electron chi connectivity index (χ4n) is 1.69. The molecule has 0 amide bonds. The van der Waals surface area contributed by atoms with Gasteiger partial charge in [-0.2, -0.15) is 8.42 Å². The molecule has 0 fully saturated rings. The van der Waals surface area contributed by atoms with Crippen LogP contribution in [0.3, 0.4) is 0 Å². The molecule has 0 unspecified atom stereocenters. The van der Waals surface area contributed by atoms with Crippen LogP contribution < -0.4 is 0 Å². The topological polar surface area (TPSA) is 54.4 Å². The van der Waals surface area contributed by atoms with E-state index in [1.54, 1.807) is 25.1 Å². The van der Waals surface area contributed by atoms with Crippen molar-refractivity contribution in [1.82, 2.24) is 0 Å². The van der Waals surface area contributed by atoms with Crippen molar-refractivity contribution >= 4 is 20.9 Å². The van der Waals surface area contributed by atoms with Crippen molar-refractivity contribution in [2.24, 2.45) is 0 Å². The molecule has 15 heavy (non-hydrogen) atoms. The van der Waals surface area contributed by atoms with Crippen LogP contribution in [0, 0.1) is 6.92 Å². The molecule has 4 heteroatoms.